The SMILES string of the molecule is CC1CCN(c2ccc(NC(=O)C3CC(=O)N(c4cccc(C(F)(F)F)c4)C3)cc2)C1. The molecule has 0 aromatic heterocycles. The molecule has 2 fully saturated rings. The third kappa shape index (κ3) is 4.68. The van der Waals surface area contributed by atoms with Crippen molar-refractivity contribution < 1.29 is 22.8 Å². The maximum Gasteiger partial charge on any atom is 0.416 e. The first-order chi connectivity index (χ1) is 14.7. The minimum Gasteiger partial charge on any atom is -0.371 e. The molecule has 0 spiro atoms. The lowest BCUT2D eigenvalue weighted by Gasteiger charge is -2.19. The number of hydrogen-bond donors (Lipinski definition) is 1. The van der Waals surface area contributed by atoms with Gasteiger partial charge in [0.05, 0.1) is 11.5 Å². The Labute approximate surface area is 178 Å². The van der Waals surface area contributed by atoms with Crippen LogP contribution in [0, 0.1) is 11.8 Å². The molecule has 2 aliphatic heterocycles. The molecule has 0 radical (unpaired) electrons. The predicted octanol–water partition coefficient (Wildman–Crippen LogP) is 4.54. The van der Waals surface area contributed by atoms with E-state index in [-0.39, 0.29) is 30.5 Å². The maximum atomic E-state index is 13.0. The average Bonchev–Trinajstić information content (AvgIpc) is 3.34. The van der Waals surface area contributed by atoms with E-state index in [1.54, 1.807) is 0 Å². The van der Waals surface area contributed by atoms with E-state index in [1.807, 2.05) is 24.3 Å². The summed E-state index contributed by atoms with van der Waals surface area (Å²) in [7, 11) is 0. The van der Waals surface area contributed by atoms with E-state index < -0.39 is 17.7 Å². The van der Waals surface area contributed by atoms with Crippen molar-refractivity contribution in [1.29, 1.82) is 0 Å². The molecule has 2 heterocycles. The lowest BCUT2D eigenvalue weighted by molar-refractivity contribution is -0.137. The minimum atomic E-state index is -4.49. The number of nitrogens with zero attached hydrogens (tertiary/aromatic N) is 2. The Hall–Kier alpha value is -3.03. The highest BCUT2D eigenvalue weighted by molar-refractivity contribution is 6.03. The van der Waals surface area contributed by atoms with Crippen molar-refractivity contribution in [3.63, 3.8) is 0 Å². The van der Waals surface area contributed by atoms with Crippen molar-refractivity contribution >= 4 is 28.9 Å². The molecule has 2 aromatic rings. The Bertz CT molecular complexity index is 975. The number of nitrogens with one attached hydrogen (secondary N) is 1. The van der Waals surface area contributed by atoms with Crippen LogP contribution in [0.15, 0.2) is 48.5 Å². The second-order valence-electron chi connectivity index (χ2n) is 8.33. The van der Waals surface area contributed by atoms with Crippen molar-refractivity contribution in [1.82, 2.24) is 0 Å². The van der Waals surface area contributed by atoms with Gasteiger partial charge in [-0.25, -0.2) is 0 Å². The molecule has 2 unspecified atom stereocenters. The topological polar surface area (TPSA) is 52.7 Å². The molecule has 1 N–H and O–H groups in total. The molecule has 164 valence electrons. The minimum absolute atomic E-state index is 0.0359. The van der Waals surface area contributed by atoms with Crippen molar-refractivity contribution in [2.75, 3.05) is 34.8 Å². The molecule has 5 nitrogen and oxygen atoms in total. The quantitative estimate of drug-likeness (QED) is 0.773. The van der Waals surface area contributed by atoms with Gasteiger partial charge in [0.15, 0.2) is 0 Å². The highest BCUT2D eigenvalue weighted by Gasteiger charge is 2.37. The van der Waals surface area contributed by atoms with Gasteiger partial charge in [-0.1, -0.05) is 13.0 Å². The molecular weight excluding hydrogens is 407 g/mol. The molecular formula is C23H24F3N3O2. The highest BCUT2D eigenvalue weighted by Crippen LogP contribution is 2.34. The molecule has 31 heavy (non-hydrogen) atoms. The van der Waals surface area contributed by atoms with Gasteiger partial charge in [-0.2, -0.15) is 13.2 Å². The normalized spacial score (nSPS) is 21.6. The van der Waals surface area contributed by atoms with Crippen molar-refractivity contribution in [3.05, 3.63) is 54.1 Å². The van der Waals surface area contributed by atoms with E-state index in [9.17, 15) is 22.8 Å². The zero-order valence-corrected chi connectivity index (χ0v) is 17.2. The van der Waals surface area contributed by atoms with E-state index in [2.05, 4.69) is 17.1 Å². The molecule has 2 aromatic carbocycles. The van der Waals surface area contributed by atoms with E-state index in [0.717, 1.165) is 37.3 Å². The Morgan fingerprint density at radius 3 is 2.45 bits per heavy atom. The van der Waals surface area contributed by atoms with Gasteiger partial charge < -0.3 is 15.1 Å². The summed E-state index contributed by atoms with van der Waals surface area (Å²) in [4.78, 5) is 28.6. The van der Waals surface area contributed by atoms with Crippen LogP contribution in [0.25, 0.3) is 0 Å². The lowest BCUT2D eigenvalue weighted by Crippen LogP contribution is -2.28. The largest absolute Gasteiger partial charge is 0.416 e. The van der Waals surface area contributed by atoms with E-state index in [4.69, 9.17) is 0 Å². The van der Waals surface area contributed by atoms with Crippen LogP contribution < -0.4 is 15.1 Å². The number of carbonyl (C=O) groups excluding carboxylic acids is 2. The number of hydrogen-bond acceptors (Lipinski definition) is 3. The van der Waals surface area contributed by atoms with Gasteiger partial charge in [0.1, 0.15) is 0 Å². The molecule has 2 saturated heterocycles. The van der Waals surface area contributed by atoms with Crippen molar-refractivity contribution in [2.45, 2.75) is 25.9 Å². The van der Waals surface area contributed by atoms with Crippen LogP contribution in [-0.4, -0.2) is 31.4 Å². The van der Waals surface area contributed by atoms with E-state index in [1.165, 1.54) is 17.0 Å². The van der Waals surface area contributed by atoms with Crippen LogP contribution >= 0.6 is 0 Å². The van der Waals surface area contributed by atoms with Gasteiger partial charge in [-0.15, -0.1) is 0 Å². The van der Waals surface area contributed by atoms with Gasteiger partial charge >= 0.3 is 6.18 Å². The van der Waals surface area contributed by atoms with Crippen LogP contribution in [0.5, 0.6) is 0 Å². The Morgan fingerprint density at radius 1 is 1.06 bits per heavy atom. The smallest absolute Gasteiger partial charge is 0.371 e. The first kappa shape index (κ1) is 21.2. The number of halogens is 3. The van der Waals surface area contributed by atoms with Gasteiger partial charge in [-0.3, -0.25) is 9.59 Å². The standard InChI is InChI=1S/C23H24F3N3O2/c1-15-9-10-28(13-15)19-7-5-18(6-8-19)27-22(31)16-11-21(30)29(14-16)20-4-2-3-17(12-20)23(24,25)26/h2-8,12,15-16H,9-11,13-14H2,1H3,(H,27,31). The highest BCUT2D eigenvalue weighted by atomic mass is 19.4. The number of anilines is 3. The number of alkyl halides is 3. The summed E-state index contributed by atoms with van der Waals surface area (Å²) >= 11 is 0. The van der Waals surface area contributed by atoms with Gasteiger partial charge in [0.25, 0.3) is 0 Å². The van der Waals surface area contributed by atoms with Crippen LogP contribution in [0.4, 0.5) is 30.2 Å². The van der Waals surface area contributed by atoms with Gasteiger partial charge in [-0.05, 0) is 54.8 Å². The molecule has 8 heteroatoms. The van der Waals surface area contributed by atoms with Crippen molar-refractivity contribution in [3.8, 4) is 0 Å². The second kappa shape index (κ2) is 8.24. The van der Waals surface area contributed by atoms with Crippen LogP contribution in [-0.2, 0) is 15.8 Å². The average molecular weight is 431 g/mol. The van der Waals surface area contributed by atoms with Crippen LogP contribution in [0.1, 0.15) is 25.3 Å². The molecule has 0 bridgehead atoms. The van der Waals surface area contributed by atoms with Gasteiger partial charge in [0, 0.05) is 43.1 Å². The molecule has 2 amide bonds. The first-order valence-corrected chi connectivity index (χ1v) is 10.3. The lowest BCUT2D eigenvalue weighted by atomic mass is 10.1. The van der Waals surface area contributed by atoms with E-state index in [0.29, 0.717) is 11.6 Å². The second-order valence-corrected chi connectivity index (χ2v) is 8.33. The summed E-state index contributed by atoms with van der Waals surface area (Å²) in [5, 5.41) is 2.82. The molecule has 0 saturated carbocycles. The van der Waals surface area contributed by atoms with E-state index >= 15 is 0 Å². The number of benzene rings is 2. The predicted molar refractivity (Wildman–Crippen MR) is 113 cm³/mol. The van der Waals surface area contributed by atoms with Crippen LogP contribution in [0.3, 0.4) is 0 Å². The van der Waals surface area contributed by atoms with Gasteiger partial charge in [0.2, 0.25) is 11.8 Å². The fraction of sp³-hybridized carbons (Fsp3) is 0.391. The molecule has 4 rings (SSSR count). The fourth-order valence-electron chi connectivity index (χ4n) is 4.15. The summed E-state index contributed by atoms with van der Waals surface area (Å²) in [5.74, 6) is -0.636. The molecule has 2 atom stereocenters. The van der Waals surface area contributed by atoms with Crippen LogP contribution in [0.2, 0.25) is 0 Å². The number of rotatable bonds is 4. The maximum absolute atomic E-state index is 13.0. The summed E-state index contributed by atoms with van der Waals surface area (Å²) < 4.78 is 38.9. The monoisotopic (exact) mass is 431 g/mol. The molecule has 0 aliphatic carbocycles. The third-order valence-electron chi connectivity index (χ3n) is 5.90. The summed E-state index contributed by atoms with van der Waals surface area (Å²) in [6, 6.07) is 12.2. The summed E-state index contributed by atoms with van der Waals surface area (Å²) in [6.07, 6.45) is -3.36. The Balaban J connectivity index is 1.39. The third-order valence-corrected chi connectivity index (χ3v) is 5.90. The summed E-state index contributed by atoms with van der Waals surface area (Å²) in [5.41, 5.74) is 1.07. The summed E-state index contributed by atoms with van der Waals surface area (Å²) in [6.45, 7) is 4.31. The fourth-order valence-corrected chi connectivity index (χ4v) is 4.15. The van der Waals surface area contributed by atoms with Crippen molar-refractivity contribution in [2.24, 2.45) is 11.8 Å². The Kier molecular flexibility index (Phi) is 5.64. The Morgan fingerprint density at radius 2 is 1.81 bits per heavy atom. The first-order valence-electron chi connectivity index (χ1n) is 10.3. The zero-order valence-electron chi connectivity index (χ0n) is 17.2. The molecule has 2 aliphatic rings. The number of carbonyl (C=O) groups is 2. The zero-order chi connectivity index (χ0) is 22.2. The number of amides is 2.